The Labute approximate surface area is 61.0 Å². The Kier molecular flexibility index (Phi) is 1.86. The van der Waals surface area contributed by atoms with Gasteiger partial charge < -0.3 is 5.73 Å². The van der Waals surface area contributed by atoms with Crippen molar-refractivity contribution >= 4 is 12.6 Å². The molecule has 0 amide bonds. The Morgan fingerprint density at radius 3 is 2.89 bits per heavy atom. The molecule has 2 heteroatoms. The van der Waals surface area contributed by atoms with Gasteiger partial charge in [0.1, 0.15) is 0 Å². The van der Waals surface area contributed by atoms with Gasteiger partial charge in [-0.2, -0.15) is 0 Å². The van der Waals surface area contributed by atoms with Gasteiger partial charge in [-0.3, -0.25) is 0 Å². The molecule has 1 unspecified atom stereocenters. The summed E-state index contributed by atoms with van der Waals surface area (Å²) in [7, 11) is 0. The van der Waals surface area contributed by atoms with Crippen molar-refractivity contribution in [2.24, 2.45) is 11.7 Å². The third kappa shape index (κ3) is 1.52. The van der Waals surface area contributed by atoms with Gasteiger partial charge in [0.25, 0.3) is 0 Å². The van der Waals surface area contributed by atoms with Crippen LogP contribution in [0.3, 0.4) is 0 Å². The minimum absolute atomic E-state index is 0.584. The van der Waals surface area contributed by atoms with Crippen LogP contribution >= 0.6 is 12.6 Å². The van der Waals surface area contributed by atoms with Crippen molar-refractivity contribution in [1.29, 1.82) is 0 Å². The first-order valence-corrected chi connectivity index (χ1v) is 3.50. The van der Waals surface area contributed by atoms with Crippen molar-refractivity contribution in [3.63, 3.8) is 0 Å². The van der Waals surface area contributed by atoms with Crippen LogP contribution in [0.2, 0.25) is 0 Å². The molecule has 0 saturated carbocycles. The maximum absolute atomic E-state index is 5.62. The molecular formula is C7H11NS. The number of hydrogen-bond donors (Lipinski definition) is 2. The lowest BCUT2D eigenvalue weighted by molar-refractivity contribution is 0.700. The molecule has 1 aliphatic rings. The van der Waals surface area contributed by atoms with E-state index in [1.165, 1.54) is 0 Å². The van der Waals surface area contributed by atoms with E-state index in [-0.39, 0.29) is 0 Å². The molecule has 0 heterocycles. The molecule has 1 nitrogen and oxygen atoms in total. The van der Waals surface area contributed by atoms with Crippen molar-refractivity contribution in [2.75, 3.05) is 0 Å². The van der Waals surface area contributed by atoms with Crippen LogP contribution in [0.15, 0.2) is 22.8 Å². The first kappa shape index (κ1) is 6.75. The summed E-state index contributed by atoms with van der Waals surface area (Å²) in [4.78, 5) is 0.924. The highest BCUT2D eigenvalue weighted by atomic mass is 32.1. The fourth-order valence-corrected chi connectivity index (χ4v) is 1.06. The highest BCUT2D eigenvalue weighted by Crippen LogP contribution is 2.21. The number of allylic oxidation sites excluding steroid dienone is 3. The molecule has 1 aliphatic carbocycles. The minimum atomic E-state index is 0.584. The molecule has 0 radical (unpaired) electrons. The third-order valence-corrected chi connectivity index (χ3v) is 1.89. The van der Waals surface area contributed by atoms with E-state index in [1.54, 1.807) is 0 Å². The zero-order valence-electron chi connectivity index (χ0n) is 5.46. The smallest absolute Gasteiger partial charge is 0.0225 e. The minimum Gasteiger partial charge on any atom is -0.401 e. The van der Waals surface area contributed by atoms with E-state index >= 15 is 0 Å². The summed E-state index contributed by atoms with van der Waals surface area (Å²) in [6, 6.07) is 0. The highest BCUT2D eigenvalue weighted by Gasteiger charge is 2.06. The van der Waals surface area contributed by atoms with Crippen molar-refractivity contribution in [1.82, 2.24) is 0 Å². The molecule has 0 bridgehead atoms. The highest BCUT2D eigenvalue weighted by molar-refractivity contribution is 7.84. The molecule has 1 rings (SSSR count). The van der Waals surface area contributed by atoms with Gasteiger partial charge in [-0.25, -0.2) is 0 Å². The van der Waals surface area contributed by atoms with E-state index in [1.807, 2.05) is 6.08 Å². The molecule has 0 aromatic rings. The molecule has 9 heavy (non-hydrogen) atoms. The standard InChI is InChI=1S/C7H11NS/c1-5-2-3-7(9)6(8)4-5/h2-3,5,9H,4,8H2,1H3. The van der Waals surface area contributed by atoms with Gasteiger partial charge in [0.05, 0.1) is 0 Å². The fourth-order valence-electron chi connectivity index (χ4n) is 0.882. The Hall–Kier alpha value is -0.370. The van der Waals surface area contributed by atoms with E-state index in [4.69, 9.17) is 5.73 Å². The SMILES string of the molecule is CC1C=CC(S)=C(N)C1. The summed E-state index contributed by atoms with van der Waals surface area (Å²) in [6.07, 6.45) is 5.04. The fraction of sp³-hybridized carbons (Fsp3) is 0.429. The summed E-state index contributed by atoms with van der Waals surface area (Å²) in [6.45, 7) is 2.14. The second kappa shape index (κ2) is 2.48. The van der Waals surface area contributed by atoms with Gasteiger partial charge in [-0.1, -0.05) is 19.1 Å². The normalized spacial score (nSPS) is 27.1. The van der Waals surface area contributed by atoms with Crippen LogP contribution in [0.1, 0.15) is 13.3 Å². The number of thiol groups is 1. The summed E-state index contributed by atoms with van der Waals surface area (Å²) in [5, 5.41) is 0. The van der Waals surface area contributed by atoms with Crippen molar-refractivity contribution in [3.8, 4) is 0 Å². The summed E-state index contributed by atoms with van der Waals surface area (Å²) in [5.41, 5.74) is 6.53. The molecule has 50 valence electrons. The molecular weight excluding hydrogens is 130 g/mol. The number of rotatable bonds is 0. The average molecular weight is 141 g/mol. The third-order valence-electron chi connectivity index (χ3n) is 1.45. The van der Waals surface area contributed by atoms with Crippen molar-refractivity contribution in [2.45, 2.75) is 13.3 Å². The van der Waals surface area contributed by atoms with Crippen LogP contribution in [-0.4, -0.2) is 0 Å². The van der Waals surface area contributed by atoms with Gasteiger partial charge in [0.2, 0.25) is 0 Å². The quantitative estimate of drug-likeness (QED) is 0.493. The zero-order chi connectivity index (χ0) is 6.85. The van der Waals surface area contributed by atoms with Gasteiger partial charge in [0, 0.05) is 10.6 Å². The Bertz CT molecular complexity index is 170. The average Bonchev–Trinajstić information content (AvgIpc) is 1.80. The lowest BCUT2D eigenvalue weighted by Crippen LogP contribution is -2.07. The van der Waals surface area contributed by atoms with Crippen LogP contribution in [0.4, 0.5) is 0 Å². The summed E-state index contributed by atoms with van der Waals surface area (Å²) >= 11 is 4.16. The molecule has 2 N–H and O–H groups in total. The molecule has 0 aromatic heterocycles. The molecule has 0 saturated heterocycles. The Morgan fingerprint density at radius 2 is 2.44 bits per heavy atom. The molecule has 0 aliphatic heterocycles. The maximum Gasteiger partial charge on any atom is 0.0225 e. The lowest BCUT2D eigenvalue weighted by atomic mass is 10.0. The van der Waals surface area contributed by atoms with Crippen LogP contribution in [0.25, 0.3) is 0 Å². The van der Waals surface area contributed by atoms with Crippen LogP contribution < -0.4 is 5.73 Å². The second-order valence-corrected chi connectivity index (χ2v) is 2.93. The van der Waals surface area contributed by atoms with Gasteiger partial charge in [-0.05, 0) is 12.3 Å². The van der Waals surface area contributed by atoms with Gasteiger partial charge in [0.15, 0.2) is 0 Å². The Balaban J connectivity index is 2.75. The van der Waals surface area contributed by atoms with Crippen LogP contribution in [0, 0.1) is 5.92 Å². The van der Waals surface area contributed by atoms with E-state index in [0.717, 1.165) is 17.0 Å². The summed E-state index contributed by atoms with van der Waals surface area (Å²) < 4.78 is 0. The second-order valence-electron chi connectivity index (χ2n) is 2.45. The molecule has 0 aromatic carbocycles. The molecule has 1 atom stereocenters. The zero-order valence-corrected chi connectivity index (χ0v) is 6.36. The van der Waals surface area contributed by atoms with E-state index in [0.29, 0.717) is 5.92 Å². The van der Waals surface area contributed by atoms with Gasteiger partial charge >= 0.3 is 0 Å². The van der Waals surface area contributed by atoms with E-state index in [9.17, 15) is 0 Å². The van der Waals surface area contributed by atoms with Crippen LogP contribution in [0.5, 0.6) is 0 Å². The van der Waals surface area contributed by atoms with Crippen molar-refractivity contribution < 1.29 is 0 Å². The van der Waals surface area contributed by atoms with Crippen LogP contribution in [-0.2, 0) is 0 Å². The largest absolute Gasteiger partial charge is 0.401 e. The number of hydrogen-bond acceptors (Lipinski definition) is 2. The summed E-state index contributed by atoms with van der Waals surface area (Å²) in [5.74, 6) is 0.584. The van der Waals surface area contributed by atoms with E-state index in [2.05, 4.69) is 25.6 Å². The topological polar surface area (TPSA) is 26.0 Å². The first-order chi connectivity index (χ1) is 4.20. The number of nitrogens with two attached hydrogens (primary N) is 1. The monoisotopic (exact) mass is 141 g/mol. The molecule has 0 spiro atoms. The van der Waals surface area contributed by atoms with Crippen molar-refractivity contribution in [3.05, 3.63) is 22.8 Å². The first-order valence-electron chi connectivity index (χ1n) is 3.06. The Morgan fingerprint density at radius 1 is 1.78 bits per heavy atom. The maximum atomic E-state index is 5.62. The van der Waals surface area contributed by atoms with Gasteiger partial charge in [-0.15, -0.1) is 12.6 Å². The molecule has 0 fully saturated rings. The van der Waals surface area contributed by atoms with E-state index < -0.39 is 0 Å². The predicted molar refractivity (Wildman–Crippen MR) is 43.1 cm³/mol. The predicted octanol–water partition coefficient (Wildman–Crippen LogP) is 1.68. The lowest BCUT2D eigenvalue weighted by Gasteiger charge is -2.12.